The quantitative estimate of drug-likeness (QED) is 0.692. The fourth-order valence-corrected chi connectivity index (χ4v) is 2.84. The van der Waals surface area contributed by atoms with E-state index >= 15 is 0 Å². The Morgan fingerprint density at radius 3 is 2.85 bits per heavy atom. The second-order valence-corrected chi connectivity index (χ2v) is 5.32. The number of benzene rings is 1. The number of aryl methyl sites for hydroxylation is 1. The monoisotopic (exact) mass is 287 g/mol. The summed E-state index contributed by atoms with van der Waals surface area (Å²) in [5.74, 6) is -0.430. The van der Waals surface area contributed by atoms with E-state index in [0.717, 1.165) is 11.9 Å². The van der Waals surface area contributed by atoms with Crippen molar-refractivity contribution in [1.82, 2.24) is 4.57 Å². The van der Waals surface area contributed by atoms with Crippen molar-refractivity contribution in [1.29, 1.82) is 0 Å². The van der Waals surface area contributed by atoms with Gasteiger partial charge in [0.15, 0.2) is 11.4 Å². The lowest BCUT2D eigenvalue weighted by molar-refractivity contribution is 0.103. The number of ketones is 1. The molecule has 3 aromatic rings. The summed E-state index contributed by atoms with van der Waals surface area (Å²) in [7, 11) is 0. The van der Waals surface area contributed by atoms with Crippen LogP contribution in [0.3, 0.4) is 0 Å². The van der Waals surface area contributed by atoms with Gasteiger partial charge in [0.25, 0.3) is 0 Å². The van der Waals surface area contributed by atoms with Crippen LogP contribution in [0, 0.1) is 0 Å². The third-order valence-electron chi connectivity index (χ3n) is 3.16. The largest absolute Gasteiger partial charge is 0.419 e. The van der Waals surface area contributed by atoms with Crippen LogP contribution in [0.2, 0.25) is 0 Å². The lowest BCUT2D eigenvalue weighted by Crippen LogP contribution is -2.13. The van der Waals surface area contributed by atoms with Gasteiger partial charge in [-0.15, -0.1) is 0 Å². The Morgan fingerprint density at radius 2 is 2.15 bits per heavy atom. The van der Waals surface area contributed by atoms with Gasteiger partial charge in [-0.1, -0.05) is 6.92 Å². The fourth-order valence-electron chi connectivity index (χ4n) is 2.20. The minimum atomic E-state index is -0.373. The molecule has 0 bridgehead atoms. The Labute approximate surface area is 119 Å². The zero-order valence-electron chi connectivity index (χ0n) is 11.0. The molecule has 0 atom stereocenters. The standard InChI is InChI=1S/C15H13NO3S/c1-2-6-16-12-4-3-10(8-13(12)19-15(16)18)14(17)11-5-7-20-9-11/h3-5,7-9H,2,6H2,1H3. The van der Waals surface area contributed by atoms with Gasteiger partial charge in [-0.2, -0.15) is 11.3 Å². The zero-order chi connectivity index (χ0) is 14.1. The second kappa shape index (κ2) is 5.09. The molecule has 0 saturated heterocycles. The summed E-state index contributed by atoms with van der Waals surface area (Å²) in [6.07, 6.45) is 0.851. The number of rotatable bonds is 4. The summed E-state index contributed by atoms with van der Waals surface area (Å²) in [5.41, 5.74) is 2.39. The molecular weight excluding hydrogens is 274 g/mol. The number of thiophene rings is 1. The molecule has 0 N–H and O–H groups in total. The lowest BCUT2D eigenvalue weighted by Gasteiger charge is -2.00. The highest BCUT2D eigenvalue weighted by molar-refractivity contribution is 7.08. The molecule has 0 unspecified atom stereocenters. The molecule has 20 heavy (non-hydrogen) atoms. The van der Waals surface area contributed by atoms with E-state index in [2.05, 4.69) is 0 Å². The molecule has 5 heteroatoms. The van der Waals surface area contributed by atoms with Crippen LogP contribution in [0.25, 0.3) is 11.1 Å². The molecule has 2 heterocycles. The summed E-state index contributed by atoms with van der Waals surface area (Å²) in [4.78, 5) is 24.0. The van der Waals surface area contributed by atoms with Gasteiger partial charge in [-0.3, -0.25) is 9.36 Å². The van der Waals surface area contributed by atoms with E-state index in [1.165, 1.54) is 11.3 Å². The third-order valence-corrected chi connectivity index (χ3v) is 3.84. The lowest BCUT2D eigenvalue weighted by atomic mass is 10.1. The molecule has 2 aromatic heterocycles. The number of hydrogen-bond acceptors (Lipinski definition) is 4. The maximum Gasteiger partial charge on any atom is 0.419 e. The Hall–Kier alpha value is -2.14. The van der Waals surface area contributed by atoms with Crippen molar-refractivity contribution < 1.29 is 9.21 Å². The van der Waals surface area contributed by atoms with Crippen LogP contribution >= 0.6 is 11.3 Å². The molecule has 1 aromatic carbocycles. The molecule has 0 fully saturated rings. The predicted molar refractivity (Wildman–Crippen MR) is 78.5 cm³/mol. The van der Waals surface area contributed by atoms with E-state index in [9.17, 15) is 9.59 Å². The minimum absolute atomic E-state index is 0.0564. The Kier molecular flexibility index (Phi) is 3.28. The Bertz CT molecular complexity index is 811. The number of carbonyl (C=O) groups excluding carboxylic acids is 1. The van der Waals surface area contributed by atoms with Crippen molar-refractivity contribution in [2.24, 2.45) is 0 Å². The van der Waals surface area contributed by atoms with Gasteiger partial charge in [0.2, 0.25) is 0 Å². The molecule has 0 aliphatic heterocycles. The van der Waals surface area contributed by atoms with Crippen LogP contribution in [0.15, 0.2) is 44.2 Å². The van der Waals surface area contributed by atoms with Crippen LogP contribution in [0.4, 0.5) is 0 Å². The second-order valence-electron chi connectivity index (χ2n) is 4.54. The normalized spacial score (nSPS) is 11.1. The molecule has 102 valence electrons. The molecule has 4 nitrogen and oxygen atoms in total. The number of fused-ring (bicyclic) bond motifs is 1. The zero-order valence-corrected chi connectivity index (χ0v) is 11.8. The maximum atomic E-state index is 12.2. The van der Waals surface area contributed by atoms with E-state index in [0.29, 0.717) is 23.3 Å². The van der Waals surface area contributed by atoms with Crippen molar-refractivity contribution in [3.63, 3.8) is 0 Å². The van der Waals surface area contributed by atoms with Crippen molar-refractivity contribution in [2.45, 2.75) is 19.9 Å². The van der Waals surface area contributed by atoms with E-state index in [4.69, 9.17) is 4.42 Å². The highest BCUT2D eigenvalue weighted by atomic mass is 32.1. The average Bonchev–Trinajstić information content (AvgIpc) is 3.07. The summed E-state index contributed by atoms with van der Waals surface area (Å²) in [6.45, 7) is 2.61. The SMILES string of the molecule is CCCn1c(=O)oc2cc(C(=O)c3ccsc3)ccc21. The van der Waals surface area contributed by atoms with Crippen molar-refractivity contribution in [3.8, 4) is 0 Å². The van der Waals surface area contributed by atoms with Gasteiger partial charge in [0.1, 0.15) is 0 Å². The summed E-state index contributed by atoms with van der Waals surface area (Å²) in [5, 5.41) is 3.68. The average molecular weight is 287 g/mol. The molecule has 0 radical (unpaired) electrons. The summed E-state index contributed by atoms with van der Waals surface area (Å²) < 4.78 is 6.81. The van der Waals surface area contributed by atoms with Gasteiger partial charge in [-0.05, 0) is 36.1 Å². The molecule has 0 spiro atoms. The first-order valence-corrected chi connectivity index (χ1v) is 7.35. The van der Waals surface area contributed by atoms with E-state index in [1.807, 2.05) is 17.7 Å². The Morgan fingerprint density at radius 1 is 1.30 bits per heavy atom. The van der Waals surface area contributed by atoms with Crippen LogP contribution in [-0.2, 0) is 6.54 Å². The Balaban J connectivity index is 2.08. The first kappa shape index (κ1) is 12.9. The molecule has 0 aliphatic rings. The molecule has 0 aliphatic carbocycles. The van der Waals surface area contributed by atoms with E-state index in [1.54, 1.807) is 28.8 Å². The van der Waals surface area contributed by atoms with Gasteiger partial charge in [0, 0.05) is 23.1 Å². The van der Waals surface area contributed by atoms with Crippen LogP contribution in [0.1, 0.15) is 29.3 Å². The van der Waals surface area contributed by atoms with Crippen molar-refractivity contribution in [3.05, 3.63) is 56.7 Å². The van der Waals surface area contributed by atoms with Crippen LogP contribution in [0.5, 0.6) is 0 Å². The van der Waals surface area contributed by atoms with Crippen molar-refractivity contribution in [2.75, 3.05) is 0 Å². The summed E-state index contributed by atoms with van der Waals surface area (Å²) in [6, 6.07) is 6.94. The summed E-state index contributed by atoms with van der Waals surface area (Å²) >= 11 is 1.48. The first-order chi connectivity index (χ1) is 9.70. The van der Waals surface area contributed by atoms with Crippen molar-refractivity contribution >= 4 is 28.2 Å². The van der Waals surface area contributed by atoms with Gasteiger partial charge in [0.05, 0.1) is 5.52 Å². The van der Waals surface area contributed by atoms with Gasteiger partial charge >= 0.3 is 5.76 Å². The molecule has 0 amide bonds. The molecular formula is C15H13NO3S. The molecule has 3 rings (SSSR count). The number of carbonyl (C=O) groups is 1. The van der Waals surface area contributed by atoms with Gasteiger partial charge in [-0.25, -0.2) is 4.79 Å². The number of hydrogen-bond donors (Lipinski definition) is 0. The number of aromatic nitrogens is 1. The van der Waals surface area contributed by atoms with E-state index in [-0.39, 0.29) is 11.5 Å². The first-order valence-electron chi connectivity index (χ1n) is 6.41. The topological polar surface area (TPSA) is 52.2 Å². The van der Waals surface area contributed by atoms with Crippen LogP contribution in [-0.4, -0.2) is 10.4 Å². The number of nitrogens with zero attached hydrogens (tertiary/aromatic N) is 1. The van der Waals surface area contributed by atoms with Crippen LogP contribution < -0.4 is 5.76 Å². The minimum Gasteiger partial charge on any atom is -0.408 e. The highest BCUT2D eigenvalue weighted by Gasteiger charge is 2.14. The number of oxazole rings is 1. The predicted octanol–water partition coefficient (Wildman–Crippen LogP) is 3.30. The molecule has 0 saturated carbocycles. The fraction of sp³-hybridized carbons (Fsp3) is 0.200. The third kappa shape index (κ3) is 2.10. The maximum absolute atomic E-state index is 12.2. The highest BCUT2D eigenvalue weighted by Crippen LogP contribution is 2.19. The van der Waals surface area contributed by atoms with E-state index < -0.39 is 0 Å². The van der Waals surface area contributed by atoms with Gasteiger partial charge < -0.3 is 4.42 Å². The smallest absolute Gasteiger partial charge is 0.408 e.